The van der Waals surface area contributed by atoms with E-state index < -0.39 is 8.15 Å². The van der Waals surface area contributed by atoms with Crippen molar-refractivity contribution in [1.29, 1.82) is 0 Å². The van der Waals surface area contributed by atoms with E-state index in [1.807, 2.05) is 6.66 Å². The van der Waals surface area contributed by atoms with Gasteiger partial charge in [0, 0.05) is 12.2 Å². The smallest absolute Gasteiger partial charge is 0.161 e. The monoisotopic (exact) mass is 216 g/mol. The Morgan fingerprint density at radius 3 is 2.57 bits per heavy atom. The van der Waals surface area contributed by atoms with Crippen LogP contribution in [0.2, 0.25) is 0 Å². The van der Waals surface area contributed by atoms with Crippen LogP contribution in [0.5, 0.6) is 17.2 Å². The van der Waals surface area contributed by atoms with E-state index in [1.165, 1.54) is 12.1 Å². The standard InChI is InChI=1S/C9H13O4P/c1-14(5-4-10)13-7-2-3-8(11)9(12)6-7/h2-3,6,10-12H,4-5H2,1H3. The van der Waals surface area contributed by atoms with Gasteiger partial charge in [-0.1, -0.05) is 0 Å². The Morgan fingerprint density at radius 2 is 2.00 bits per heavy atom. The topological polar surface area (TPSA) is 69.9 Å². The molecule has 1 atom stereocenters. The largest absolute Gasteiger partial charge is 0.504 e. The molecule has 0 radical (unpaired) electrons. The summed E-state index contributed by atoms with van der Waals surface area (Å²) in [4.78, 5) is 0. The molecule has 0 aliphatic heterocycles. The first-order valence-corrected chi connectivity index (χ1v) is 6.04. The number of aliphatic hydroxyl groups is 1. The van der Waals surface area contributed by atoms with E-state index >= 15 is 0 Å². The summed E-state index contributed by atoms with van der Waals surface area (Å²) in [6.07, 6.45) is 0.594. The van der Waals surface area contributed by atoms with Crippen molar-refractivity contribution in [2.45, 2.75) is 0 Å². The van der Waals surface area contributed by atoms with Gasteiger partial charge >= 0.3 is 0 Å². The molecule has 5 heteroatoms. The first-order chi connectivity index (χ1) is 6.63. The summed E-state index contributed by atoms with van der Waals surface area (Å²) in [5.74, 6) is 0.136. The average molecular weight is 216 g/mol. The van der Waals surface area contributed by atoms with Crippen LogP contribution >= 0.6 is 8.15 Å². The van der Waals surface area contributed by atoms with Crippen LogP contribution in [0.3, 0.4) is 0 Å². The van der Waals surface area contributed by atoms with Crippen LogP contribution in [0.1, 0.15) is 0 Å². The molecule has 0 spiro atoms. The molecule has 0 saturated heterocycles. The maximum Gasteiger partial charge on any atom is 0.161 e. The Hall–Kier alpha value is -0.990. The van der Waals surface area contributed by atoms with Crippen LogP contribution in [-0.4, -0.2) is 34.8 Å². The number of hydrogen-bond donors (Lipinski definition) is 3. The van der Waals surface area contributed by atoms with Crippen molar-refractivity contribution in [2.75, 3.05) is 19.4 Å². The minimum Gasteiger partial charge on any atom is -0.504 e. The molecule has 0 bridgehead atoms. The van der Waals surface area contributed by atoms with E-state index in [9.17, 15) is 5.11 Å². The maximum atomic E-state index is 9.17. The lowest BCUT2D eigenvalue weighted by atomic mass is 10.3. The van der Waals surface area contributed by atoms with Crippen molar-refractivity contribution in [3.63, 3.8) is 0 Å². The third kappa shape index (κ3) is 3.05. The van der Waals surface area contributed by atoms with Gasteiger partial charge in [0.05, 0.1) is 14.8 Å². The van der Waals surface area contributed by atoms with E-state index in [0.29, 0.717) is 11.9 Å². The zero-order valence-corrected chi connectivity index (χ0v) is 8.74. The molecule has 14 heavy (non-hydrogen) atoms. The maximum absolute atomic E-state index is 9.17. The highest BCUT2D eigenvalue weighted by Gasteiger charge is 2.05. The van der Waals surface area contributed by atoms with E-state index in [-0.39, 0.29) is 18.1 Å². The number of phenols is 2. The highest BCUT2D eigenvalue weighted by molar-refractivity contribution is 7.52. The lowest BCUT2D eigenvalue weighted by molar-refractivity contribution is 0.319. The number of benzene rings is 1. The molecule has 1 unspecified atom stereocenters. The molecular formula is C9H13O4P. The van der Waals surface area contributed by atoms with Crippen LogP contribution in [0.4, 0.5) is 0 Å². The lowest BCUT2D eigenvalue weighted by Crippen LogP contribution is -1.95. The fourth-order valence-corrected chi connectivity index (χ4v) is 1.77. The molecule has 4 nitrogen and oxygen atoms in total. The van der Waals surface area contributed by atoms with Gasteiger partial charge in [0.25, 0.3) is 0 Å². The van der Waals surface area contributed by atoms with Crippen molar-refractivity contribution in [3.8, 4) is 17.2 Å². The second-order valence-electron chi connectivity index (χ2n) is 2.82. The highest BCUT2D eigenvalue weighted by atomic mass is 31.1. The van der Waals surface area contributed by atoms with Gasteiger partial charge in [-0.15, -0.1) is 0 Å². The van der Waals surface area contributed by atoms with Gasteiger partial charge in [-0.3, -0.25) is 0 Å². The Morgan fingerprint density at radius 1 is 1.29 bits per heavy atom. The van der Waals surface area contributed by atoms with Crippen molar-refractivity contribution < 1.29 is 19.8 Å². The van der Waals surface area contributed by atoms with E-state index in [1.54, 1.807) is 6.07 Å². The summed E-state index contributed by atoms with van der Waals surface area (Å²) in [5.41, 5.74) is 0. The molecule has 0 saturated carbocycles. The van der Waals surface area contributed by atoms with Crippen LogP contribution in [-0.2, 0) is 0 Å². The van der Waals surface area contributed by atoms with Crippen LogP contribution in [0.15, 0.2) is 18.2 Å². The number of rotatable bonds is 4. The Kier molecular flexibility index (Phi) is 3.98. The zero-order chi connectivity index (χ0) is 10.6. The predicted octanol–water partition coefficient (Wildman–Crippen LogP) is 1.50. The third-order valence-electron chi connectivity index (χ3n) is 1.62. The van der Waals surface area contributed by atoms with Gasteiger partial charge in [-0.2, -0.15) is 0 Å². The van der Waals surface area contributed by atoms with E-state index in [4.69, 9.17) is 14.7 Å². The predicted molar refractivity (Wildman–Crippen MR) is 55.2 cm³/mol. The second kappa shape index (κ2) is 5.03. The summed E-state index contributed by atoms with van der Waals surface area (Å²) >= 11 is 0. The Labute approximate surface area is 83.6 Å². The molecule has 0 aliphatic carbocycles. The SMILES string of the molecule is CP(CCO)Oc1ccc(O)c(O)c1. The lowest BCUT2D eigenvalue weighted by Gasteiger charge is -2.13. The molecule has 78 valence electrons. The zero-order valence-electron chi connectivity index (χ0n) is 7.84. The summed E-state index contributed by atoms with van der Waals surface area (Å²) in [7, 11) is -0.722. The highest BCUT2D eigenvalue weighted by Crippen LogP contribution is 2.37. The molecule has 1 aromatic rings. The Bertz CT molecular complexity index is 303. The molecule has 0 amide bonds. The molecular weight excluding hydrogens is 203 g/mol. The first kappa shape index (κ1) is 11.1. The molecule has 3 N–H and O–H groups in total. The normalized spacial score (nSPS) is 12.4. The number of aromatic hydroxyl groups is 2. The average Bonchev–Trinajstić information content (AvgIpc) is 2.12. The van der Waals surface area contributed by atoms with Crippen molar-refractivity contribution in [3.05, 3.63) is 18.2 Å². The van der Waals surface area contributed by atoms with Gasteiger partial charge in [0.2, 0.25) is 0 Å². The fourth-order valence-electron chi connectivity index (χ4n) is 0.926. The van der Waals surface area contributed by atoms with Gasteiger partial charge in [0.1, 0.15) is 5.75 Å². The number of aliphatic hydroxyl groups excluding tert-OH is 1. The van der Waals surface area contributed by atoms with Gasteiger partial charge in [-0.05, 0) is 18.8 Å². The third-order valence-corrected chi connectivity index (χ3v) is 2.98. The summed E-state index contributed by atoms with van der Waals surface area (Å²) in [6.45, 7) is 1.97. The van der Waals surface area contributed by atoms with Crippen LogP contribution in [0.25, 0.3) is 0 Å². The van der Waals surface area contributed by atoms with Crippen molar-refractivity contribution in [1.82, 2.24) is 0 Å². The van der Waals surface area contributed by atoms with Crippen LogP contribution < -0.4 is 4.52 Å². The quantitative estimate of drug-likeness (QED) is 0.527. The fraction of sp³-hybridized carbons (Fsp3) is 0.333. The summed E-state index contributed by atoms with van der Waals surface area (Å²) in [5, 5.41) is 26.9. The number of hydrogen-bond acceptors (Lipinski definition) is 4. The van der Waals surface area contributed by atoms with Gasteiger partial charge in [-0.25, -0.2) is 0 Å². The minimum absolute atomic E-state index is 0.0896. The molecule has 0 heterocycles. The molecule has 0 fully saturated rings. The van der Waals surface area contributed by atoms with Crippen molar-refractivity contribution >= 4 is 8.15 Å². The molecule has 1 aromatic carbocycles. The minimum atomic E-state index is -0.722. The second-order valence-corrected chi connectivity index (χ2v) is 4.70. The Balaban J connectivity index is 2.63. The van der Waals surface area contributed by atoms with E-state index in [0.717, 1.165) is 0 Å². The van der Waals surface area contributed by atoms with E-state index in [2.05, 4.69) is 0 Å². The first-order valence-electron chi connectivity index (χ1n) is 4.15. The van der Waals surface area contributed by atoms with Gasteiger partial charge < -0.3 is 19.8 Å². The van der Waals surface area contributed by atoms with Gasteiger partial charge in [0.15, 0.2) is 11.5 Å². The summed E-state index contributed by atoms with van der Waals surface area (Å²) < 4.78 is 5.42. The summed E-state index contributed by atoms with van der Waals surface area (Å²) in [6, 6.07) is 4.30. The molecule has 1 rings (SSSR count). The molecule has 0 aliphatic rings. The molecule has 0 aromatic heterocycles. The number of phenolic OH excluding ortho intramolecular Hbond substituents is 2. The van der Waals surface area contributed by atoms with Crippen LogP contribution in [0, 0.1) is 0 Å². The van der Waals surface area contributed by atoms with Crippen molar-refractivity contribution in [2.24, 2.45) is 0 Å².